The van der Waals surface area contributed by atoms with E-state index in [9.17, 15) is 14.7 Å². The Bertz CT molecular complexity index is 563. The average Bonchev–Trinajstić information content (AvgIpc) is 2.43. The van der Waals surface area contributed by atoms with Crippen LogP contribution in [0.2, 0.25) is 0 Å². The number of hydrogen-bond acceptors (Lipinski definition) is 2. The van der Waals surface area contributed by atoms with E-state index in [1.807, 2.05) is 44.2 Å². The van der Waals surface area contributed by atoms with Gasteiger partial charge in [0.1, 0.15) is 0 Å². The number of nitrogens with one attached hydrogen (secondary N) is 1. The molecule has 2 rings (SSSR count). The van der Waals surface area contributed by atoms with Crippen LogP contribution < -0.4 is 5.32 Å². The third-order valence-corrected chi connectivity index (χ3v) is 3.95. The first-order valence-corrected chi connectivity index (χ1v) is 6.75. The van der Waals surface area contributed by atoms with Crippen LogP contribution in [0, 0.1) is 25.7 Å². The van der Waals surface area contributed by atoms with E-state index in [0.717, 1.165) is 16.8 Å². The number of amides is 1. The monoisotopic (exact) mass is 273 g/mol. The summed E-state index contributed by atoms with van der Waals surface area (Å²) in [5.74, 6) is -2.26. The Hall–Kier alpha value is -2.10. The van der Waals surface area contributed by atoms with E-state index in [2.05, 4.69) is 5.32 Å². The third kappa shape index (κ3) is 2.90. The van der Waals surface area contributed by atoms with Gasteiger partial charge in [-0.15, -0.1) is 0 Å². The highest BCUT2D eigenvalue weighted by Gasteiger charge is 2.34. The zero-order valence-corrected chi connectivity index (χ0v) is 11.7. The van der Waals surface area contributed by atoms with E-state index in [4.69, 9.17) is 0 Å². The molecule has 0 saturated carbocycles. The second-order valence-corrected chi connectivity index (χ2v) is 5.23. The Morgan fingerprint density at radius 2 is 1.80 bits per heavy atom. The van der Waals surface area contributed by atoms with Crippen molar-refractivity contribution < 1.29 is 14.7 Å². The van der Waals surface area contributed by atoms with Gasteiger partial charge < -0.3 is 10.4 Å². The first-order valence-electron chi connectivity index (χ1n) is 6.75. The molecule has 0 aromatic heterocycles. The molecule has 106 valence electrons. The predicted octanol–water partition coefficient (Wildman–Crippen LogP) is 2.91. The molecule has 0 spiro atoms. The number of carboxylic acid groups (broad SMARTS) is 1. The molecule has 0 heterocycles. The Kier molecular flexibility index (Phi) is 4.23. The Balaban J connectivity index is 2.17. The van der Waals surface area contributed by atoms with Crippen molar-refractivity contribution in [3.05, 3.63) is 41.5 Å². The zero-order chi connectivity index (χ0) is 14.7. The molecule has 2 atom stereocenters. The van der Waals surface area contributed by atoms with Crippen LogP contribution >= 0.6 is 0 Å². The summed E-state index contributed by atoms with van der Waals surface area (Å²) in [5.41, 5.74) is 2.87. The SMILES string of the molecule is Cc1cccc(NC(=O)[C@@H]2CC=CC[C@@H]2C(=O)O)c1C. The fourth-order valence-electron chi connectivity index (χ4n) is 2.49. The first-order chi connectivity index (χ1) is 9.50. The van der Waals surface area contributed by atoms with Gasteiger partial charge in [-0.2, -0.15) is 0 Å². The minimum absolute atomic E-state index is 0.213. The lowest BCUT2D eigenvalue weighted by Crippen LogP contribution is -2.34. The summed E-state index contributed by atoms with van der Waals surface area (Å²) in [4.78, 5) is 23.6. The lowest BCUT2D eigenvalue weighted by atomic mass is 9.82. The molecule has 0 aliphatic heterocycles. The van der Waals surface area contributed by atoms with Crippen molar-refractivity contribution >= 4 is 17.6 Å². The predicted molar refractivity (Wildman–Crippen MR) is 77.5 cm³/mol. The van der Waals surface area contributed by atoms with Gasteiger partial charge in [-0.25, -0.2) is 0 Å². The number of aliphatic carboxylic acids is 1. The van der Waals surface area contributed by atoms with Crippen LogP contribution in [0.5, 0.6) is 0 Å². The van der Waals surface area contributed by atoms with Gasteiger partial charge in [0.05, 0.1) is 11.8 Å². The van der Waals surface area contributed by atoms with Gasteiger partial charge in [-0.05, 0) is 43.9 Å². The van der Waals surface area contributed by atoms with Crippen molar-refractivity contribution in [3.63, 3.8) is 0 Å². The number of carbonyl (C=O) groups is 2. The second kappa shape index (κ2) is 5.90. The summed E-state index contributed by atoms with van der Waals surface area (Å²) in [6, 6.07) is 5.70. The maximum atomic E-state index is 12.3. The van der Waals surface area contributed by atoms with E-state index < -0.39 is 17.8 Å². The summed E-state index contributed by atoms with van der Waals surface area (Å²) in [6.07, 6.45) is 4.61. The van der Waals surface area contributed by atoms with E-state index in [-0.39, 0.29) is 5.91 Å². The standard InChI is InChI=1S/C16H19NO3/c1-10-6-5-9-14(11(10)2)17-15(18)12-7-3-4-8-13(12)16(19)20/h3-6,9,12-13H,7-8H2,1-2H3,(H,17,18)(H,19,20)/t12-,13+/m1/s1. The van der Waals surface area contributed by atoms with Crippen molar-refractivity contribution in [3.8, 4) is 0 Å². The molecule has 0 radical (unpaired) electrons. The number of aryl methyl sites for hydroxylation is 1. The van der Waals surface area contributed by atoms with Crippen molar-refractivity contribution in [2.24, 2.45) is 11.8 Å². The van der Waals surface area contributed by atoms with E-state index in [1.54, 1.807) is 0 Å². The van der Waals surface area contributed by atoms with Crippen molar-refractivity contribution in [2.45, 2.75) is 26.7 Å². The van der Waals surface area contributed by atoms with Crippen LogP contribution in [0.4, 0.5) is 5.69 Å². The molecule has 0 saturated heterocycles. The molecule has 1 aliphatic carbocycles. The second-order valence-electron chi connectivity index (χ2n) is 5.23. The minimum Gasteiger partial charge on any atom is -0.481 e. The van der Waals surface area contributed by atoms with Crippen LogP contribution in [0.25, 0.3) is 0 Å². The molecule has 1 amide bonds. The smallest absolute Gasteiger partial charge is 0.307 e. The maximum absolute atomic E-state index is 12.3. The van der Waals surface area contributed by atoms with Crippen LogP contribution in [-0.4, -0.2) is 17.0 Å². The van der Waals surface area contributed by atoms with Gasteiger partial charge in [0.15, 0.2) is 0 Å². The normalized spacial score (nSPS) is 21.5. The molecule has 4 heteroatoms. The fraction of sp³-hybridized carbons (Fsp3) is 0.375. The molecule has 0 fully saturated rings. The lowest BCUT2D eigenvalue weighted by molar-refractivity contribution is -0.146. The maximum Gasteiger partial charge on any atom is 0.307 e. The van der Waals surface area contributed by atoms with Crippen molar-refractivity contribution in [1.82, 2.24) is 0 Å². The number of rotatable bonds is 3. The van der Waals surface area contributed by atoms with Crippen LogP contribution in [0.1, 0.15) is 24.0 Å². The molecule has 0 bridgehead atoms. The quantitative estimate of drug-likeness (QED) is 0.832. The lowest BCUT2D eigenvalue weighted by Gasteiger charge is -2.24. The number of allylic oxidation sites excluding steroid dienone is 2. The highest BCUT2D eigenvalue weighted by atomic mass is 16.4. The van der Waals surface area contributed by atoms with Crippen molar-refractivity contribution in [2.75, 3.05) is 5.32 Å². The number of anilines is 1. The van der Waals surface area contributed by atoms with Crippen LogP contribution in [0.15, 0.2) is 30.4 Å². The Labute approximate surface area is 118 Å². The number of carboxylic acids is 1. The largest absolute Gasteiger partial charge is 0.481 e. The minimum atomic E-state index is -0.907. The van der Waals surface area contributed by atoms with Gasteiger partial charge in [-0.1, -0.05) is 24.3 Å². The topological polar surface area (TPSA) is 66.4 Å². The molecule has 1 aromatic carbocycles. The molecule has 0 unspecified atom stereocenters. The van der Waals surface area contributed by atoms with E-state index in [0.29, 0.717) is 12.8 Å². The number of benzene rings is 1. The zero-order valence-electron chi connectivity index (χ0n) is 11.7. The molecule has 1 aromatic rings. The Morgan fingerprint density at radius 1 is 1.15 bits per heavy atom. The molecule has 1 aliphatic rings. The first kappa shape index (κ1) is 14.3. The molecule has 4 nitrogen and oxygen atoms in total. The summed E-state index contributed by atoms with van der Waals surface area (Å²) in [5, 5.41) is 12.1. The van der Waals surface area contributed by atoms with Gasteiger partial charge in [-0.3, -0.25) is 9.59 Å². The molecule has 2 N–H and O–H groups in total. The summed E-state index contributed by atoms with van der Waals surface area (Å²) < 4.78 is 0. The molecule has 20 heavy (non-hydrogen) atoms. The van der Waals surface area contributed by atoms with Crippen LogP contribution in [0.3, 0.4) is 0 Å². The Morgan fingerprint density at radius 3 is 2.45 bits per heavy atom. The highest BCUT2D eigenvalue weighted by Crippen LogP contribution is 2.28. The number of carbonyl (C=O) groups excluding carboxylic acids is 1. The fourth-order valence-corrected chi connectivity index (χ4v) is 2.49. The summed E-state index contributed by atoms with van der Waals surface area (Å²) >= 11 is 0. The van der Waals surface area contributed by atoms with E-state index >= 15 is 0 Å². The molecular weight excluding hydrogens is 254 g/mol. The third-order valence-electron chi connectivity index (χ3n) is 3.95. The van der Waals surface area contributed by atoms with E-state index in [1.165, 1.54) is 0 Å². The molecular formula is C16H19NO3. The van der Waals surface area contributed by atoms with Gasteiger partial charge in [0.2, 0.25) is 5.91 Å². The average molecular weight is 273 g/mol. The van der Waals surface area contributed by atoms with Gasteiger partial charge in [0.25, 0.3) is 0 Å². The van der Waals surface area contributed by atoms with Gasteiger partial charge >= 0.3 is 5.97 Å². The van der Waals surface area contributed by atoms with Crippen LogP contribution in [-0.2, 0) is 9.59 Å². The van der Waals surface area contributed by atoms with Gasteiger partial charge in [0, 0.05) is 5.69 Å². The number of hydrogen-bond donors (Lipinski definition) is 2. The highest BCUT2D eigenvalue weighted by molar-refractivity contribution is 5.96. The van der Waals surface area contributed by atoms with Crippen molar-refractivity contribution in [1.29, 1.82) is 0 Å². The summed E-state index contributed by atoms with van der Waals surface area (Å²) in [6.45, 7) is 3.93. The summed E-state index contributed by atoms with van der Waals surface area (Å²) in [7, 11) is 0.